The molecule has 0 saturated heterocycles. The first-order chi connectivity index (χ1) is 5.13. The molecule has 1 nitrogen and oxygen atoms in total. The Labute approximate surface area is 65.5 Å². The minimum atomic E-state index is -0.333. The average molecular weight is 154 g/mol. The van der Waals surface area contributed by atoms with Crippen LogP contribution in [0.25, 0.3) is 0 Å². The molecule has 1 aromatic rings. The summed E-state index contributed by atoms with van der Waals surface area (Å²) in [6.45, 7) is 3.69. The Kier molecular flexibility index (Phi) is 2.13. The molecule has 1 rings (SSSR count). The molecule has 2 heteroatoms. The molecule has 0 heterocycles. The van der Waals surface area contributed by atoms with Gasteiger partial charge in [-0.25, -0.2) is 4.39 Å². The average Bonchev–Trinajstić information content (AvgIpc) is 1.85. The highest BCUT2D eigenvalue weighted by atomic mass is 19.1. The summed E-state index contributed by atoms with van der Waals surface area (Å²) in [4.78, 5) is 0. The highest BCUT2D eigenvalue weighted by molar-refractivity contribution is 5.35. The summed E-state index contributed by atoms with van der Waals surface area (Å²) < 4.78 is 12.9. The van der Waals surface area contributed by atoms with Crippen LogP contribution in [0.3, 0.4) is 0 Å². The van der Waals surface area contributed by atoms with Gasteiger partial charge in [0.1, 0.15) is 11.6 Å². The molecule has 11 heavy (non-hydrogen) atoms. The first-order valence-electron chi connectivity index (χ1n) is 3.60. The Hall–Kier alpha value is -1.05. The summed E-state index contributed by atoms with van der Waals surface area (Å²) in [7, 11) is 0. The van der Waals surface area contributed by atoms with Crippen molar-refractivity contribution in [2.75, 3.05) is 0 Å². The van der Waals surface area contributed by atoms with Gasteiger partial charge in [0, 0.05) is 5.56 Å². The van der Waals surface area contributed by atoms with Crippen LogP contribution < -0.4 is 0 Å². The molecule has 0 atom stereocenters. The second-order valence-corrected chi connectivity index (χ2v) is 2.83. The van der Waals surface area contributed by atoms with Gasteiger partial charge < -0.3 is 5.11 Å². The van der Waals surface area contributed by atoms with E-state index in [9.17, 15) is 9.50 Å². The Morgan fingerprint density at radius 2 is 2.00 bits per heavy atom. The van der Waals surface area contributed by atoms with Crippen LogP contribution in [0.4, 0.5) is 4.39 Å². The first-order valence-corrected chi connectivity index (χ1v) is 3.60. The number of benzene rings is 1. The van der Waals surface area contributed by atoms with Gasteiger partial charge in [-0.05, 0) is 18.1 Å². The molecular weight excluding hydrogens is 143 g/mol. The number of phenols is 1. The van der Waals surface area contributed by atoms with Gasteiger partial charge in [0.15, 0.2) is 0 Å². The minimum absolute atomic E-state index is 0.0243. The fraction of sp³-hybridized carbons (Fsp3) is 0.333. The van der Waals surface area contributed by atoms with Crippen molar-refractivity contribution >= 4 is 0 Å². The molecular formula is C9H11FO. The monoisotopic (exact) mass is 154 g/mol. The van der Waals surface area contributed by atoms with Crippen molar-refractivity contribution in [3.05, 3.63) is 29.6 Å². The maximum atomic E-state index is 12.9. The standard InChI is InChI=1S/C9H11FO/c1-6(2)9-7(10)4-3-5-8(9)11/h3-6,11H,1-2H3. The van der Waals surface area contributed by atoms with E-state index in [1.54, 1.807) is 0 Å². The van der Waals surface area contributed by atoms with Gasteiger partial charge in [0.25, 0.3) is 0 Å². The van der Waals surface area contributed by atoms with Crippen LogP contribution in [0.2, 0.25) is 0 Å². The zero-order valence-electron chi connectivity index (χ0n) is 6.63. The van der Waals surface area contributed by atoms with Crippen molar-refractivity contribution in [3.63, 3.8) is 0 Å². The zero-order chi connectivity index (χ0) is 8.43. The lowest BCUT2D eigenvalue weighted by atomic mass is 10.0. The van der Waals surface area contributed by atoms with Gasteiger partial charge in [-0.1, -0.05) is 19.9 Å². The van der Waals surface area contributed by atoms with Crippen molar-refractivity contribution in [3.8, 4) is 5.75 Å². The third-order valence-corrected chi connectivity index (χ3v) is 1.61. The molecule has 0 saturated carbocycles. The van der Waals surface area contributed by atoms with Gasteiger partial charge in [0.2, 0.25) is 0 Å². The molecule has 0 aliphatic rings. The summed E-state index contributed by atoms with van der Waals surface area (Å²) in [5.41, 5.74) is 0.396. The summed E-state index contributed by atoms with van der Waals surface area (Å²) >= 11 is 0. The molecule has 0 bridgehead atoms. The van der Waals surface area contributed by atoms with Crippen molar-refractivity contribution in [1.29, 1.82) is 0 Å². The molecule has 1 N–H and O–H groups in total. The van der Waals surface area contributed by atoms with E-state index in [0.717, 1.165) is 0 Å². The maximum Gasteiger partial charge on any atom is 0.130 e. The van der Waals surface area contributed by atoms with E-state index in [-0.39, 0.29) is 17.5 Å². The quantitative estimate of drug-likeness (QED) is 0.659. The SMILES string of the molecule is CC(C)c1c(O)cccc1F. The van der Waals surface area contributed by atoms with E-state index in [4.69, 9.17) is 0 Å². The zero-order valence-corrected chi connectivity index (χ0v) is 6.63. The third kappa shape index (κ3) is 1.50. The molecule has 0 amide bonds. The number of hydrogen-bond donors (Lipinski definition) is 1. The van der Waals surface area contributed by atoms with E-state index >= 15 is 0 Å². The predicted octanol–water partition coefficient (Wildman–Crippen LogP) is 2.65. The van der Waals surface area contributed by atoms with Gasteiger partial charge in [-0.3, -0.25) is 0 Å². The van der Waals surface area contributed by atoms with Gasteiger partial charge in [0.05, 0.1) is 0 Å². The molecule has 0 aliphatic heterocycles. The van der Waals surface area contributed by atoms with Crippen LogP contribution in [-0.2, 0) is 0 Å². The van der Waals surface area contributed by atoms with Crippen molar-refractivity contribution in [2.45, 2.75) is 19.8 Å². The summed E-state index contributed by atoms with van der Waals surface area (Å²) in [5.74, 6) is -0.267. The molecule has 0 aliphatic carbocycles. The molecule has 0 unspecified atom stereocenters. The largest absolute Gasteiger partial charge is 0.508 e. The number of hydrogen-bond acceptors (Lipinski definition) is 1. The maximum absolute atomic E-state index is 12.9. The number of phenolic OH excluding ortho intramolecular Hbond substituents is 1. The Morgan fingerprint density at radius 1 is 1.36 bits per heavy atom. The lowest BCUT2D eigenvalue weighted by molar-refractivity contribution is 0.454. The van der Waals surface area contributed by atoms with Crippen LogP contribution in [0.1, 0.15) is 25.3 Å². The van der Waals surface area contributed by atoms with Crippen molar-refractivity contribution < 1.29 is 9.50 Å². The summed E-state index contributed by atoms with van der Waals surface area (Å²) in [5, 5.41) is 9.22. The molecule has 0 fully saturated rings. The second kappa shape index (κ2) is 2.91. The van der Waals surface area contributed by atoms with Crippen molar-refractivity contribution in [2.24, 2.45) is 0 Å². The molecule has 0 radical (unpaired) electrons. The molecule has 60 valence electrons. The van der Waals surface area contributed by atoms with E-state index in [1.165, 1.54) is 18.2 Å². The van der Waals surface area contributed by atoms with Crippen molar-refractivity contribution in [1.82, 2.24) is 0 Å². The normalized spacial score (nSPS) is 10.5. The highest BCUT2D eigenvalue weighted by Crippen LogP contribution is 2.27. The molecule has 0 spiro atoms. The van der Waals surface area contributed by atoms with Gasteiger partial charge in [-0.2, -0.15) is 0 Å². The van der Waals surface area contributed by atoms with Crippen LogP contribution in [-0.4, -0.2) is 5.11 Å². The van der Waals surface area contributed by atoms with Crippen LogP contribution >= 0.6 is 0 Å². The lowest BCUT2D eigenvalue weighted by Crippen LogP contribution is -1.92. The van der Waals surface area contributed by atoms with Crippen LogP contribution in [0.15, 0.2) is 18.2 Å². The molecule has 1 aromatic carbocycles. The highest BCUT2D eigenvalue weighted by Gasteiger charge is 2.10. The van der Waals surface area contributed by atoms with E-state index in [2.05, 4.69) is 0 Å². The Morgan fingerprint density at radius 3 is 2.36 bits per heavy atom. The Balaban J connectivity index is 3.21. The summed E-state index contributed by atoms with van der Waals surface area (Å²) in [6.07, 6.45) is 0. The van der Waals surface area contributed by atoms with E-state index in [0.29, 0.717) is 5.56 Å². The number of halogens is 1. The number of rotatable bonds is 1. The van der Waals surface area contributed by atoms with Gasteiger partial charge >= 0.3 is 0 Å². The smallest absolute Gasteiger partial charge is 0.130 e. The lowest BCUT2D eigenvalue weighted by Gasteiger charge is -2.08. The fourth-order valence-electron chi connectivity index (χ4n) is 1.10. The van der Waals surface area contributed by atoms with Gasteiger partial charge in [-0.15, -0.1) is 0 Å². The first kappa shape index (κ1) is 8.05. The van der Waals surface area contributed by atoms with Crippen LogP contribution in [0.5, 0.6) is 5.75 Å². The topological polar surface area (TPSA) is 20.2 Å². The van der Waals surface area contributed by atoms with E-state index in [1.807, 2.05) is 13.8 Å². The van der Waals surface area contributed by atoms with Crippen LogP contribution in [0, 0.1) is 5.82 Å². The predicted molar refractivity (Wildman–Crippen MR) is 42.2 cm³/mol. The number of aromatic hydroxyl groups is 1. The summed E-state index contributed by atoms with van der Waals surface area (Å²) in [6, 6.07) is 4.35. The Bertz CT molecular complexity index is 235. The molecule has 0 aromatic heterocycles. The second-order valence-electron chi connectivity index (χ2n) is 2.83. The fourth-order valence-corrected chi connectivity index (χ4v) is 1.10. The van der Waals surface area contributed by atoms with E-state index < -0.39 is 0 Å². The third-order valence-electron chi connectivity index (χ3n) is 1.61. The minimum Gasteiger partial charge on any atom is -0.508 e.